The molecule has 4 heteroatoms. The fourth-order valence-corrected chi connectivity index (χ4v) is 0.952. The Labute approximate surface area is 76.5 Å². The monoisotopic (exact) mass is 172 g/mol. The molecule has 0 aromatic carbocycles. The van der Waals surface area contributed by atoms with E-state index >= 15 is 0 Å². The van der Waals surface area contributed by atoms with Crippen molar-refractivity contribution in [1.29, 1.82) is 10.5 Å². The first kappa shape index (κ1) is 9.02. The molecule has 1 aliphatic heterocycles. The first-order chi connectivity index (χ1) is 6.20. The first-order valence-electron chi connectivity index (χ1n) is 3.72. The summed E-state index contributed by atoms with van der Waals surface area (Å²) in [5, 5.41) is 21.3. The normalized spacial score (nSPS) is 16.0. The van der Waals surface area contributed by atoms with E-state index in [9.17, 15) is 0 Å². The second-order valence-corrected chi connectivity index (χ2v) is 2.65. The molecule has 64 valence electrons. The van der Waals surface area contributed by atoms with E-state index in [2.05, 4.69) is 10.5 Å². The highest BCUT2D eigenvalue weighted by Crippen LogP contribution is 2.17. The summed E-state index contributed by atoms with van der Waals surface area (Å²) >= 11 is 0. The molecule has 0 spiro atoms. The van der Waals surface area contributed by atoms with Gasteiger partial charge in [-0.2, -0.15) is 15.6 Å². The second-order valence-electron chi connectivity index (χ2n) is 2.65. The average molecular weight is 172 g/mol. The molecule has 0 radical (unpaired) electrons. The lowest BCUT2D eigenvalue weighted by Crippen LogP contribution is -2.05. The molecule has 0 fully saturated rings. The van der Waals surface area contributed by atoms with Crippen molar-refractivity contribution in [2.45, 2.75) is 13.8 Å². The number of allylic oxidation sites excluding steroid dienone is 4. The molecule has 0 bridgehead atoms. The zero-order chi connectivity index (χ0) is 9.84. The first-order valence-corrected chi connectivity index (χ1v) is 3.72. The largest absolute Gasteiger partial charge is 0.267 e. The van der Waals surface area contributed by atoms with Gasteiger partial charge >= 0.3 is 0 Å². The van der Waals surface area contributed by atoms with Crippen LogP contribution in [0.15, 0.2) is 27.5 Å². The van der Waals surface area contributed by atoms with E-state index in [4.69, 9.17) is 10.5 Å². The molecule has 0 aliphatic carbocycles. The summed E-state index contributed by atoms with van der Waals surface area (Å²) in [6.07, 6.45) is 1.59. The highest BCUT2D eigenvalue weighted by atomic mass is 15.3. The molecule has 1 rings (SSSR count). The van der Waals surface area contributed by atoms with E-state index in [1.165, 1.54) is 0 Å². The lowest BCUT2D eigenvalue weighted by atomic mass is 10.0. The summed E-state index contributed by atoms with van der Waals surface area (Å²) in [5.41, 5.74) is 4.75. The van der Waals surface area contributed by atoms with Gasteiger partial charge in [0.15, 0.2) is 5.70 Å². The van der Waals surface area contributed by atoms with Crippen LogP contribution in [0.1, 0.15) is 13.8 Å². The van der Waals surface area contributed by atoms with Crippen molar-refractivity contribution in [2.24, 2.45) is 5.10 Å². The molecule has 0 aromatic heterocycles. The van der Waals surface area contributed by atoms with Crippen LogP contribution in [-0.4, -0.2) is 6.21 Å². The van der Waals surface area contributed by atoms with Gasteiger partial charge in [-0.15, -0.1) is 0 Å². The molecule has 0 atom stereocenters. The van der Waals surface area contributed by atoms with Crippen LogP contribution in [0.4, 0.5) is 0 Å². The molecule has 1 N–H and O–H groups in total. The molecule has 4 nitrogen and oxygen atoms in total. The zero-order valence-electron chi connectivity index (χ0n) is 7.42. The second kappa shape index (κ2) is 3.55. The molecule has 0 saturated carbocycles. The summed E-state index contributed by atoms with van der Waals surface area (Å²) in [6, 6.07) is 3.88. The van der Waals surface area contributed by atoms with Crippen molar-refractivity contribution in [3.63, 3.8) is 0 Å². The molecule has 1 heterocycles. The highest BCUT2D eigenvalue weighted by Gasteiger charge is 2.11. The Morgan fingerprint density at radius 3 is 2.54 bits per heavy atom. The van der Waals surface area contributed by atoms with Crippen molar-refractivity contribution in [3.05, 3.63) is 22.4 Å². The maximum Gasteiger partial charge on any atom is 0.152 e. The Bertz CT molecular complexity index is 398. The quantitative estimate of drug-likeness (QED) is 0.597. The predicted octanol–water partition coefficient (Wildman–Crippen LogP) is 1.21. The van der Waals surface area contributed by atoms with E-state index in [1.807, 2.05) is 19.1 Å². The molecular formula is C9H8N4. The number of nitrogens with zero attached hydrogens (tertiary/aromatic N) is 3. The van der Waals surface area contributed by atoms with Gasteiger partial charge in [0, 0.05) is 0 Å². The number of hydrogen-bond acceptors (Lipinski definition) is 4. The summed E-state index contributed by atoms with van der Waals surface area (Å²) in [5.74, 6) is 0. The van der Waals surface area contributed by atoms with Gasteiger partial charge in [-0.3, -0.25) is 5.43 Å². The lowest BCUT2D eigenvalue weighted by Gasteiger charge is -2.00. The van der Waals surface area contributed by atoms with Crippen LogP contribution in [0, 0.1) is 22.7 Å². The molecule has 0 unspecified atom stereocenters. The number of hydrogen-bond donors (Lipinski definition) is 1. The zero-order valence-corrected chi connectivity index (χ0v) is 7.42. The van der Waals surface area contributed by atoms with Gasteiger partial charge in [0.1, 0.15) is 12.1 Å². The van der Waals surface area contributed by atoms with Gasteiger partial charge in [-0.1, -0.05) is 0 Å². The minimum Gasteiger partial charge on any atom is -0.267 e. The van der Waals surface area contributed by atoms with E-state index in [-0.39, 0.29) is 5.70 Å². The topological polar surface area (TPSA) is 72.0 Å². The standard InChI is InChI=1S/C9H8N4/c1-6-5-12-13-9(4-11)8(3-10)7(6)2/h5,13H,1-2H3. The Kier molecular flexibility index (Phi) is 2.47. The van der Waals surface area contributed by atoms with Gasteiger partial charge in [-0.25, -0.2) is 0 Å². The average Bonchev–Trinajstić information content (AvgIpc) is 2.27. The van der Waals surface area contributed by atoms with E-state index < -0.39 is 0 Å². The van der Waals surface area contributed by atoms with Crippen LogP contribution in [-0.2, 0) is 0 Å². The van der Waals surface area contributed by atoms with Crippen LogP contribution < -0.4 is 5.43 Å². The maximum atomic E-state index is 8.82. The van der Waals surface area contributed by atoms with Gasteiger partial charge in [-0.05, 0) is 25.0 Å². The third-order valence-electron chi connectivity index (χ3n) is 1.87. The lowest BCUT2D eigenvalue weighted by molar-refractivity contribution is 0.923. The highest BCUT2D eigenvalue weighted by molar-refractivity contribution is 5.81. The number of hydrazone groups is 1. The SMILES string of the molecule is CC1=C(C)C(C#N)=C(C#N)NN=C1. The molecule has 0 saturated heterocycles. The smallest absolute Gasteiger partial charge is 0.152 e. The number of nitrogens with one attached hydrogen (secondary N) is 1. The molecule has 13 heavy (non-hydrogen) atoms. The number of rotatable bonds is 0. The Balaban J connectivity index is 3.36. The molecular weight excluding hydrogens is 164 g/mol. The van der Waals surface area contributed by atoms with Crippen molar-refractivity contribution >= 4 is 6.21 Å². The molecule has 1 aliphatic rings. The minimum absolute atomic E-state index is 0.202. The summed E-state index contributed by atoms with van der Waals surface area (Å²) in [4.78, 5) is 0. The van der Waals surface area contributed by atoms with Crippen molar-refractivity contribution in [1.82, 2.24) is 5.43 Å². The van der Waals surface area contributed by atoms with E-state index in [1.54, 1.807) is 13.1 Å². The van der Waals surface area contributed by atoms with Crippen molar-refractivity contribution in [3.8, 4) is 12.1 Å². The Morgan fingerprint density at radius 2 is 2.00 bits per heavy atom. The Morgan fingerprint density at radius 1 is 1.31 bits per heavy atom. The summed E-state index contributed by atoms with van der Waals surface area (Å²) in [7, 11) is 0. The van der Waals surface area contributed by atoms with Gasteiger partial charge < -0.3 is 0 Å². The number of nitriles is 2. The predicted molar refractivity (Wildman–Crippen MR) is 48.3 cm³/mol. The Hall–Kier alpha value is -2.07. The molecule has 0 amide bonds. The summed E-state index contributed by atoms with van der Waals surface area (Å²) in [6.45, 7) is 3.64. The fourth-order valence-electron chi connectivity index (χ4n) is 0.952. The molecule has 0 aromatic rings. The van der Waals surface area contributed by atoms with Gasteiger partial charge in [0.05, 0.1) is 11.8 Å². The van der Waals surface area contributed by atoms with Crippen LogP contribution in [0.5, 0.6) is 0 Å². The van der Waals surface area contributed by atoms with Crippen LogP contribution in [0.3, 0.4) is 0 Å². The van der Waals surface area contributed by atoms with Crippen molar-refractivity contribution < 1.29 is 0 Å². The van der Waals surface area contributed by atoms with Crippen LogP contribution in [0.25, 0.3) is 0 Å². The van der Waals surface area contributed by atoms with Gasteiger partial charge in [0.25, 0.3) is 0 Å². The van der Waals surface area contributed by atoms with E-state index in [0.717, 1.165) is 11.1 Å². The van der Waals surface area contributed by atoms with Crippen LogP contribution in [0.2, 0.25) is 0 Å². The van der Waals surface area contributed by atoms with Crippen molar-refractivity contribution in [2.75, 3.05) is 0 Å². The summed E-state index contributed by atoms with van der Waals surface area (Å²) < 4.78 is 0. The maximum absolute atomic E-state index is 8.82. The third kappa shape index (κ3) is 1.57. The minimum atomic E-state index is 0.202. The van der Waals surface area contributed by atoms with Crippen LogP contribution >= 0.6 is 0 Å². The fraction of sp³-hybridized carbons (Fsp3) is 0.222. The van der Waals surface area contributed by atoms with Gasteiger partial charge in [0.2, 0.25) is 0 Å². The van der Waals surface area contributed by atoms with E-state index in [0.29, 0.717) is 5.57 Å². The third-order valence-corrected chi connectivity index (χ3v) is 1.87.